The van der Waals surface area contributed by atoms with E-state index in [1.54, 1.807) is 16.8 Å². The molecule has 0 aliphatic carbocycles. The number of benzene rings is 2. The summed E-state index contributed by atoms with van der Waals surface area (Å²) in [5.41, 5.74) is 2.47. The highest BCUT2D eigenvalue weighted by molar-refractivity contribution is 5.94. The minimum atomic E-state index is -1.21. The van der Waals surface area contributed by atoms with Gasteiger partial charge in [0, 0.05) is 43.0 Å². The third kappa shape index (κ3) is 3.88. The number of hydrogen-bond donors (Lipinski definition) is 2. The molecule has 33 heavy (non-hydrogen) atoms. The number of nitrogens with one attached hydrogen (secondary N) is 1. The highest BCUT2D eigenvalue weighted by atomic mass is 19.1. The van der Waals surface area contributed by atoms with Crippen molar-refractivity contribution < 1.29 is 14.3 Å². The summed E-state index contributed by atoms with van der Waals surface area (Å²) >= 11 is 0. The number of nitrogens with zero attached hydrogens (tertiary/aromatic N) is 3. The monoisotopic (exact) mass is 446 g/mol. The molecule has 0 radical (unpaired) electrons. The lowest BCUT2D eigenvalue weighted by atomic mass is 9.93. The molecule has 0 spiro atoms. The lowest BCUT2D eigenvalue weighted by Gasteiger charge is -2.30. The number of fused-ring (bicyclic) bond motifs is 2. The van der Waals surface area contributed by atoms with E-state index in [2.05, 4.69) is 22.3 Å². The summed E-state index contributed by atoms with van der Waals surface area (Å²) in [6.45, 7) is 3.30. The van der Waals surface area contributed by atoms with Gasteiger partial charge in [0.25, 0.3) is 5.56 Å². The second-order valence-electron chi connectivity index (χ2n) is 8.46. The number of carbonyl (C=O) groups is 1. The van der Waals surface area contributed by atoms with E-state index in [0.717, 1.165) is 6.07 Å². The van der Waals surface area contributed by atoms with Crippen molar-refractivity contribution in [1.29, 1.82) is 0 Å². The quantitative estimate of drug-likeness (QED) is 0.615. The molecule has 5 rings (SSSR count). The number of anilines is 2. The van der Waals surface area contributed by atoms with E-state index in [0.29, 0.717) is 36.8 Å². The Morgan fingerprint density at radius 1 is 1.18 bits per heavy atom. The molecule has 2 aliphatic heterocycles. The number of hydrogen-bond acceptors (Lipinski definition) is 5. The predicted octanol–water partition coefficient (Wildman–Crippen LogP) is 4.06. The SMILES string of the molecule is C[C@@H](Nc1ccc(F)cc1C(=O)O)C1CC=Cn2c1nc(N1Cc3ccccc3C1)cc2=O. The van der Waals surface area contributed by atoms with Crippen LogP contribution in [0.4, 0.5) is 15.9 Å². The van der Waals surface area contributed by atoms with Crippen LogP contribution < -0.4 is 15.8 Å². The molecule has 0 amide bonds. The maximum absolute atomic E-state index is 13.6. The molecule has 7 nitrogen and oxygen atoms in total. The van der Waals surface area contributed by atoms with Crippen molar-refractivity contribution in [1.82, 2.24) is 9.55 Å². The lowest BCUT2D eigenvalue weighted by molar-refractivity contribution is 0.0697. The number of aromatic nitrogens is 2. The molecule has 8 heteroatoms. The first-order chi connectivity index (χ1) is 15.9. The van der Waals surface area contributed by atoms with Gasteiger partial charge in [-0.2, -0.15) is 0 Å². The van der Waals surface area contributed by atoms with E-state index in [-0.39, 0.29) is 23.1 Å². The van der Waals surface area contributed by atoms with Crippen LogP contribution >= 0.6 is 0 Å². The normalized spacial score (nSPS) is 17.4. The van der Waals surface area contributed by atoms with Crippen LogP contribution in [0, 0.1) is 5.82 Å². The van der Waals surface area contributed by atoms with Crippen molar-refractivity contribution in [2.24, 2.45) is 0 Å². The fourth-order valence-corrected chi connectivity index (χ4v) is 4.58. The predicted molar refractivity (Wildman–Crippen MR) is 124 cm³/mol. The van der Waals surface area contributed by atoms with Gasteiger partial charge >= 0.3 is 5.97 Å². The third-order valence-electron chi connectivity index (χ3n) is 6.31. The van der Waals surface area contributed by atoms with E-state index in [9.17, 15) is 19.1 Å². The molecule has 2 aromatic carbocycles. The summed E-state index contributed by atoms with van der Waals surface area (Å²) in [5, 5.41) is 12.7. The van der Waals surface area contributed by atoms with Crippen molar-refractivity contribution in [2.45, 2.75) is 38.4 Å². The molecular weight excluding hydrogens is 423 g/mol. The summed E-state index contributed by atoms with van der Waals surface area (Å²) in [4.78, 5) is 31.5. The summed E-state index contributed by atoms with van der Waals surface area (Å²) in [7, 11) is 0. The van der Waals surface area contributed by atoms with Gasteiger partial charge in [0.15, 0.2) is 0 Å². The molecule has 3 aromatic rings. The first-order valence-corrected chi connectivity index (χ1v) is 10.8. The first-order valence-electron chi connectivity index (χ1n) is 10.8. The van der Waals surface area contributed by atoms with Crippen molar-refractivity contribution in [3.8, 4) is 0 Å². The van der Waals surface area contributed by atoms with Gasteiger partial charge in [0.1, 0.15) is 17.5 Å². The van der Waals surface area contributed by atoms with Crippen LogP contribution in [0.15, 0.2) is 59.4 Å². The molecule has 0 bridgehead atoms. The Bertz CT molecular complexity index is 1310. The minimum Gasteiger partial charge on any atom is -0.478 e. The fraction of sp³-hybridized carbons (Fsp3) is 0.240. The van der Waals surface area contributed by atoms with Gasteiger partial charge in [0.05, 0.1) is 5.56 Å². The summed E-state index contributed by atoms with van der Waals surface area (Å²) in [5.74, 6) is -0.753. The number of rotatable bonds is 5. The fourth-order valence-electron chi connectivity index (χ4n) is 4.58. The summed E-state index contributed by atoms with van der Waals surface area (Å²) in [6.07, 6.45) is 4.28. The molecule has 1 unspecified atom stereocenters. The van der Waals surface area contributed by atoms with Crippen LogP contribution in [0.2, 0.25) is 0 Å². The molecule has 1 aromatic heterocycles. The number of aromatic carboxylic acids is 1. The molecule has 3 heterocycles. The highest BCUT2D eigenvalue weighted by Crippen LogP contribution is 2.32. The molecule has 2 N–H and O–H groups in total. The van der Waals surface area contributed by atoms with E-state index >= 15 is 0 Å². The molecule has 2 aliphatic rings. The van der Waals surface area contributed by atoms with Crippen LogP contribution in [0.25, 0.3) is 6.20 Å². The van der Waals surface area contributed by atoms with Gasteiger partial charge in [-0.1, -0.05) is 30.3 Å². The Morgan fingerprint density at radius 3 is 2.61 bits per heavy atom. The Morgan fingerprint density at radius 2 is 1.91 bits per heavy atom. The zero-order valence-electron chi connectivity index (χ0n) is 18.0. The van der Waals surface area contributed by atoms with E-state index in [4.69, 9.17) is 4.98 Å². The Kier molecular flexibility index (Phi) is 5.20. The lowest BCUT2D eigenvalue weighted by Crippen LogP contribution is -2.34. The van der Waals surface area contributed by atoms with E-state index in [1.165, 1.54) is 23.3 Å². The topological polar surface area (TPSA) is 87.5 Å². The summed E-state index contributed by atoms with van der Waals surface area (Å²) < 4.78 is 15.1. The molecule has 168 valence electrons. The van der Waals surface area contributed by atoms with Gasteiger partial charge in [0.2, 0.25) is 0 Å². The minimum absolute atomic E-state index is 0.137. The van der Waals surface area contributed by atoms with Crippen LogP contribution in [-0.2, 0) is 13.1 Å². The number of allylic oxidation sites excluding steroid dienone is 1. The molecular formula is C25H23FN4O3. The van der Waals surface area contributed by atoms with Crippen LogP contribution in [-0.4, -0.2) is 26.7 Å². The molecule has 0 saturated heterocycles. The van der Waals surface area contributed by atoms with E-state index in [1.807, 2.05) is 25.1 Å². The third-order valence-corrected chi connectivity index (χ3v) is 6.31. The second-order valence-corrected chi connectivity index (χ2v) is 8.46. The van der Waals surface area contributed by atoms with Gasteiger partial charge in [-0.25, -0.2) is 14.2 Å². The highest BCUT2D eigenvalue weighted by Gasteiger charge is 2.29. The Hall–Kier alpha value is -3.94. The largest absolute Gasteiger partial charge is 0.478 e. The summed E-state index contributed by atoms with van der Waals surface area (Å²) in [6, 6.07) is 13.1. The number of carboxylic acids is 1. The zero-order chi connectivity index (χ0) is 23.1. The van der Waals surface area contributed by atoms with Crippen molar-refractivity contribution >= 4 is 23.7 Å². The number of halogens is 1. The van der Waals surface area contributed by atoms with Gasteiger partial charge in [-0.3, -0.25) is 9.36 Å². The average Bonchev–Trinajstić information content (AvgIpc) is 3.24. The number of carboxylic acid groups (broad SMARTS) is 1. The van der Waals surface area contributed by atoms with E-state index < -0.39 is 11.8 Å². The Balaban J connectivity index is 1.46. The zero-order valence-corrected chi connectivity index (χ0v) is 18.0. The van der Waals surface area contributed by atoms with Crippen molar-refractivity contribution in [2.75, 3.05) is 10.2 Å². The molecule has 2 atom stereocenters. The van der Waals surface area contributed by atoms with Crippen LogP contribution in [0.1, 0.15) is 46.6 Å². The molecule has 0 fully saturated rings. The first kappa shape index (κ1) is 20.9. The van der Waals surface area contributed by atoms with Crippen LogP contribution in [0.5, 0.6) is 0 Å². The standard InChI is InChI=1S/C25H23FN4O3/c1-15(27-21-9-8-18(26)11-20(21)25(32)33)19-7-4-10-30-23(31)12-22(28-24(19)30)29-13-16-5-2-3-6-17(16)14-29/h2-6,8-12,15,19,27H,7,13-14H2,1H3,(H,32,33)/t15-,19?/m1/s1. The van der Waals surface area contributed by atoms with Gasteiger partial charge in [-0.05, 0) is 42.7 Å². The smallest absolute Gasteiger partial charge is 0.337 e. The molecule has 0 saturated carbocycles. The van der Waals surface area contributed by atoms with Gasteiger partial charge < -0.3 is 15.3 Å². The Labute approximate surface area is 189 Å². The average molecular weight is 446 g/mol. The van der Waals surface area contributed by atoms with Crippen molar-refractivity contribution in [3.05, 3.63) is 93.3 Å². The maximum atomic E-state index is 13.6. The van der Waals surface area contributed by atoms with Crippen molar-refractivity contribution in [3.63, 3.8) is 0 Å². The van der Waals surface area contributed by atoms with Crippen LogP contribution in [0.3, 0.4) is 0 Å². The maximum Gasteiger partial charge on any atom is 0.337 e. The second kappa shape index (κ2) is 8.20. The van der Waals surface area contributed by atoms with Gasteiger partial charge in [-0.15, -0.1) is 0 Å².